The Balaban J connectivity index is 2.03. The molecule has 0 aliphatic carbocycles. The molecule has 1 aromatic heterocycles. The summed E-state index contributed by atoms with van der Waals surface area (Å²) in [6.45, 7) is 6.00. The van der Waals surface area contributed by atoms with Gasteiger partial charge in [-0.3, -0.25) is 0 Å². The Kier molecular flexibility index (Phi) is 6.58. The second-order valence-corrected chi connectivity index (χ2v) is 9.94. The molecule has 3 N–H and O–H groups in total. The molecule has 1 heterocycles. The fraction of sp³-hybridized carbons (Fsp3) is 0.333. The van der Waals surface area contributed by atoms with Gasteiger partial charge in [0.2, 0.25) is 0 Å². The van der Waals surface area contributed by atoms with E-state index in [2.05, 4.69) is 24.1 Å². The Morgan fingerprint density at radius 2 is 2.07 bits per heavy atom. The summed E-state index contributed by atoms with van der Waals surface area (Å²) in [6, 6.07) is 10.0. The molecule has 1 amide bonds. The van der Waals surface area contributed by atoms with Gasteiger partial charge >= 0.3 is 187 Å². The number of amides is 1. The standard InChI is InChI=1S/C21H25ClIN4O2/c1-21(2,3)29-20(28)25-8-7-13-9-15(26-12-24)11-17-16-10-14(22)5-6-18(16)27(23-4)19(13)17/h5-6,9-12H,7-8H2,1-4H3,(H2,24,26)(H,25,28)/q-1. The van der Waals surface area contributed by atoms with Gasteiger partial charge in [0, 0.05) is 0 Å². The molecule has 3 aromatic rings. The first-order valence-corrected chi connectivity index (χ1v) is 12.7. The molecule has 0 bridgehead atoms. The van der Waals surface area contributed by atoms with Gasteiger partial charge in [0.1, 0.15) is 0 Å². The van der Waals surface area contributed by atoms with Gasteiger partial charge in [0.05, 0.1) is 0 Å². The average molecular weight is 528 g/mol. The first-order chi connectivity index (χ1) is 13.7. The van der Waals surface area contributed by atoms with Crippen molar-refractivity contribution < 1.29 is 31.0 Å². The normalized spacial score (nSPS) is 12.3. The summed E-state index contributed by atoms with van der Waals surface area (Å²) >= 11 is 6.02. The molecule has 29 heavy (non-hydrogen) atoms. The number of alkyl carbamates (subject to hydrolysis) is 1. The molecule has 0 spiro atoms. The summed E-state index contributed by atoms with van der Waals surface area (Å²) in [4.78, 5) is 18.5. The van der Waals surface area contributed by atoms with E-state index in [-0.39, 0.29) is 21.5 Å². The van der Waals surface area contributed by atoms with Crippen molar-refractivity contribution >= 4 is 51.5 Å². The quantitative estimate of drug-likeness (QED) is 0.229. The zero-order valence-electron chi connectivity index (χ0n) is 16.9. The average Bonchev–Trinajstić information content (AvgIpc) is 2.93. The number of alkyl halides is 1. The van der Waals surface area contributed by atoms with E-state index in [1.165, 1.54) is 11.9 Å². The molecule has 3 rings (SSSR count). The number of aliphatic imine (C=N–C) groups is 1. The molecule has 0 aliphatic heterocycles. The van der Waals surface area contributed by atoms with Crippen LogP contribution in [0.25, 0.3) is 21.8 Å². The summed E-state index contributed by atoms with van der Waals surface area (Å²) in [6.07, 6.45) is 1.53. The van der Waals surface area contributed by atoms with Crippen LogP contribution in [0.4, 0.5) is 10.5 Å². The van der Waals surface area contributed by atoms with Crippen molar-refractivity contribution in [3.05, 3.63) is 40.9 Å². The summed E-state index contributed by atoms with van der Waals surface area (Å²) < 4.78 is 7.70. The molecule has 0 fully saturated rings. The topological polar surface area (TPSA) is 81.6 Å². The van der Waals surface area contributed by atoms with E-state index in [0.29, 0.717) is 18.0 Å². The molecule has 0 unspecified atom stereocenters. The Hall–Kier alpha value is -2.00. The molecule has 0 radical (unpaired) electrons. The van der Waals surface area contributed by atoms with Crippen LogP contribution in [0.2, 0.25) is 5.02 Å². The Bertz CT molecular complexity index is 1090. The molecule has 2 aromatic carbocycles. The molecule has 0 saturated carbocycles. The second kappa shape index (κ2) is 8.79. The molecule has 6 nitrogen and oxygen atoms in total. The third-order valence-corrected chi connectivity index (χ3v) is 6.49. The Morgan fingerprint density at radius 1 is 1.31 bits per heavy atom. The van der Waals surface area contributed by atoms with Crippen LogP contribution in [-0.4, -0.2) is 32.3 Å². The van der Waals surface area contributed by atoms with E-state index in [1.807, 2.05) is 45.0 Å². The number of ether oxygens (including phenoxy) is 1. The van der Waals surface area contributed by atoms with E-state index in [1.54, 1.807) is 0 Å². The zero-order valence-corrected chi connectivity index (χ0v) is 19.8. The number of aromatic nitrogens is 1. The molecular formula is C21H25ClIN4O2-. The van der Waals surface area contributed by atoms with Crippen LogP contribution >= 0.6 is 11.6 Å². The number of nitrogens with zero attached hydrogens (tertiary/aromatic N) is 2. The van der Waals surface area contributed by atoms with Gasteiger partial charge in [0.15, 0.2) is 0 Å². The van der Waals surface area contributed by atoms with Gasteiger partial charge in [-0.15, -0.1) is 0 Å². The van der Waals surface area contributed by atoms with Crippen LogP contribution in [0, 0.1) is 0 Å². The zero-order chi connectivity index (χ0) is 21.2. The van der Waals surface area contributed by atoms with Crippen molar-refractivity contribution in [1.82, 2.24) is 8.10 Å². The van der Waals surface area contributed by atoms with Crippen LogP contribution in [0.3, 0.4) is 0 Å². The van der Waals surface area contributed by atoms with Gasteiger partial charge in [-0.25, -0.2) is 0 Å². The number of rotatable bonds is 5. The number of carbonyl (C=O) groups excluding carboxylic acids is 1. The fourth-order valence-corrected chi connectivity index (χ4v) is 5.44. The summed E-state index contributed by atoms with van der Waals surface area (Å²) in [5.74, 6) is 0. The van der Waals surface area contributed by atoms with E-state index in [9.17, 15) is 4.79 Å². The maximum atomic E-state index is 12.0. The van der Waals surface area contributed by atoms with E-state index in [0.717, 1.165) is 27.5 Å². The number of carbonyl (C=O) groups is 1. The summed E-state index contributed by atoms with van der Waals surface area (Å²) in [5.41, 5.74) is 9.22. The predicted octanol–water partition coefficient (Wildman–Crippen LogP) is 1.62. The SMILES string of the molecule is C[I-]n1c2ccc(Cl)cc2c2cc(N=CN)cc(CCNC(=O)OC(C)(C)C)c21. The van der Waals surface area contributed by atoms with Crippen molar-refractivity contribution in [2.75, 3.05) is 11.5 Å². The van der Waals surface area contributed by atoms with Gasteiger partial charge < -0.3 is 0 Å². The minimum absolute atomic E-state index is 0.252. The van der Waals surface area contributed by atoms with Crippen molar-refractivity contribution in [2.24, 2.45) is 10.7 Å². The molecular weight excluding hydrogens is 503 g/mol. The van der Waals surface area contributed by atoms with Gasteiger partial charge in [-0.1, -0.05) is 0 Å². The third kappa shape index (κ3) is 4.95. The van der Waals surface area contributed by atoms with Crippen LogP contribution in [-0.2, 0) is 11.2 Å². The number of hydrogen-bond acceptors (Lipinski definition) is 3. The van der Waals surface area contributed by atoms with Crippen molar-refractivity contribution in [1.29, 1.82) is 0 Å². The van der Waals surface area contributed by atoms with Crippen LogP contribution in [0.5, 0.6) is 0 Å². The predicted molar refractivity (Wildman–Crippen MR) is 116 cm³/mol. The number of fused-ring (bicyclic) bond motifs is 3. The first-order valence-electron chi connectivity index (χ1n) is 9.21. The van der Waals surface area contributed by atoms with Crippen LogP contribution < -0.4 is 32.5 Å². The van der Waals surface area contributed by atoms with Crippen molar-refractivity contribution in [3.63, 3.8) is 0 Å². The van der Waals surface area contributed by atoms with Crippen molar-refractivity contribution in [2.45, 2.75) is 32.8 Å². The van der Waals surface area contributed by atoms with E-state index in [4.69, 9.17) is 22.1 Å². The van der Waals surface area contributed by atoms with E-state index < -0.39 is 11.7 Å². The number of benzene rings is 2. The number of hydrogen-bond donors (Lipinski definition) is 2. The summed E-state index contributed by atoms with van der Waals surface area (Å²) in [7, 11) is 0. The van der Waals surface area contributed by atoms with Crippen molar-refractivity contribution in [3.8, 4) is 0 Å². The second-order valence-electron chi connectivity index (χ2n) is 7.57. The van der Waals surface area contributed by atoms with Gasteiger partial charge in [0.25, 0.3) is 0 Å². The van der Waals surface area contributed by atoms with E-state index >= 15 is 0 Å². The minimum atomic E-state index is -0.522. The first kappa shape index (κ1) is 21.7. The van der Waals surface area contributed by atoms with Gasteiger partial charge in [-0.05, 0) is 0 Å². The third-order valence-electron chi connectivity index (χ3n) is 4.29. The number of nitrogens with two attached hydrogens (primary N) is 1. The maximum absolute atomic E-state index is 12.0. The summed E-state index contributed by atoms with van der Waals surface area (Å²) in [5, 5.41) is 5.74. The Labute approximate surface area is 186 Å². The fourth-order valence-electron chi connectivity index (χ4n) is 3.27. The number of halogens is 2. The number of nitrogens with one attached hydrogen (secondary N) is 1. The monoisotopic (exact) mass is 527 g/mol. The molecule has 156 valence electrons. The molecule has 0 saturated heterocycles. The van der Waals surface area contributed by atoms with Gasteiger partial charge in [-0.2, -0.15) is 0 Å². The molecule has 0 aliphatic rings. The Morgan fingerprint density at radius 3 is 2.72 bits per heavy atom. The van der Waals surface area contributed by atoms with Crippen LogP contribution in [0.15, 0.2) is 35.3 Å². The molecule has 0 atom stereocenters. The van der Waals surface area contributed by atoms with Crippen LogP contribution in [0.1, 0.15) is 26.3 Å². The molecule has 8 heteroatoms.